The maximum atomic E-state index is 12.3. The number of hydrogen-bond donors (Lipinski definition) is 2. The zero-order valence-electron chi connectivity index (χ0n) is 12.2. The first-order valence-electron chi connectivity index (χ1n) is 6.76. The van der Waals surface area contributed by atoms with Gasteiger partial charge in [-0.15, -0.1) is 13.2 Å². The molecule has 2 N–H and O–H groups in total. The lowest BCUT2D eigenvalue weighted by Crippen LogP contribution is -2.17. The number of benzene rings is 1. The number of hydrogen-bond acceptors (Lipinski definition) is 4. The lowest BCUT2D eigenvalue weighted by Gasteiger charge is -2.11. The molecular weight excluding hydrogens is 325 g/mol. The number of para-hydroxylation sites is 1. The lowest BCUT2D eigenvalue weighted by molar-refractivity contribution is -0.274. The molecule has 0 aliphatic heterocycles. The number of amides is 1. The van der Waals surface area contributed by atoms with Crippen LogP contribution in [-0.2, 0) is 11.4 Å². The predicted molar refractivity (Wildman–Crippen MR) is 80.9 cm³/mol. The summed E-state index contributed by atoms with van der Waals surface area (Å²) in [6.07, 6.45) is 0.260. The van der Waals surface area contributed by atoms with Gasteiger partial charge in [-0.25, -0.2) is 0 Å². The average Bonchev–Trinajstić information content (AvgIpc) is 2.53. The van der Waals surface area contributed by atoms with Gasteiger partial charge < -0.3 is 15.2 Å². The molecule has 1 aromatic heterocycles. The Morgan fingerprint density at radius 1 is 1.29 bits per heavy atom. The van der Waals surface area contributed by atoms with E-state index in [2.05, 4.69) is 15.0 Å². The highest BCUT2D eigenvalue weighted by molar-refractivity contribution is 6.02. The summed E-state index contributed by atoms with van der Waals surface area (Å²) < 4.78 is 40.9. The van der Waals surface area contributed by atoms with E-state index in [4.69, 9.17) is 5.11 Å². The second-order valence-electron chi connectivity index (χ2n) is 4.60. The Bertz CT molecular complexity index is 745. The van der Waals surface area contributed by atoms with Crippen LogP contribution in [0.2, 0.25) is 0 Å². The average molecular weight is 338 g/mol. The lowest BCUT2D eigenvalue weighted by atomic mass is 10.2. The van der Waals surface area contributed by atoms with Crippen molar-refractivity contribution in [2.45, 2.75) is 13.0 Å². The molecular formula is C16H13F3N2O3. The summed E-state index contributed by atoms with van der Waals surface area (Å²) in [5.41, 5.74) is 0.876. The highest BCUT2D eigenvalue weighted by atomic mass is 19.4. The molecule has 0 spiro atoms. The largest absolute Gasteiger partial charge is 0.573 e. The third kappa shape index (κ3) is 5.10. The Kier molecular flexibility index (Phi) is 5.54. The van der Waals surface area contributed by atoms with E-state index >= 15 is 0 Å². The van der Waals surface area contributed by atoms with Gasteiger partial charge in [-0.2, -0.15) is 0 Å². The molecule has 0 bridgehead atoms. The van der Waals surface area contributed by atoms with E-state index in [-0.39, 0.29) is 12.2 Å². The molecule has 0 aliphatic carbocycles. The number of anilines is 1. The number of ether oxygens (including phenoxy) is 1. The Labute approximate surface area is 135 Å². The third-order valence-corrected chi connectivity index (χ3v) is 2.90. The molecule has 0 aliphatic rings. The van der Waals surface area contributed by atoms with Crippen molar-refractivity contribution in [2.24, 2.45) is 0 Å². The van der Waals surface area contributed by atoms with Crippen molar-refractivity contribution in [1.29, 1.82) is 0 Å². The summed E-state index contributed by atoms with van der Waals surface area (Å²) in [6.45, 7) is -0.288. The SMILES string of the molecule is O=C(/C=C/c1ccccc1OC(F)(F)F)Nc1cnccc1CO. The number of pyridine rings is 1. The number of aromatic nitrogens is 1. The van der Waals surface area contributed by atoms with Crippen molar-refractivity contribution >= 4 is 17.7 Å². The van der Waals surface area contributed by atoms with Crippen molar-refractivity contribution < 1.29 is 27.8 Å². The Balaban J connectivity index is 2.12. The minimum absolute atomic E-state index is 0.0959. The van der Waals surface area contributed by atoms with Crippen LogP contribution < -0.4 is 10.1 Å². The van der Waals surface area contributed by atoms with Crippen LogP contribution in [0.15, 0.2) is 48.8 Å². The second kappa shape index (κ2) is 7.60. The van der Waals surface area contributed by atoms with Crippen molar-refractivity contribution in [3.63, 3.8) is 0 Å². The molecule has 2 aromatic rings. The summed E-state index contributed by atoms with van der Waals surface area (Å²) in [6, 6.07) is 6.98. The fourth-order valence-electron chi connectivity index (χ4n) is 1.85. The summed E-state index contributed by atoms with van der Waals surface area (Å²) in [5.74, 6) is -0.994. The van der Waals surface area contributed by atoms with Crippen LogP contribution in [0.3, 0.4) is 0 Å². The number of aliphatic hydroxyl groups is 1. The standard InChI is InChI=1S/C16H13F3N2O3/c17-16(18,19)24-14-4-2-1-3-11(14)5-6-15(23)21-13-9-20-8-7-12(13)10-22/h1-9,22H,10H2,(H,21,23)/b6-5+. The molecule has 1 amide bonds. The number of nitrogens with zero attached hydrogens (tertiary/aromatic N) is 1. The quantitative estimate of drug-likeness (QED) is 0.822. The Hall–Kier alpha value is -2.87. The van der Waals surface area contributed by atoms with Gasteiger partial charge in [-0.05, 0) is 18.2 Å². The van der Waals surface area contributed by atoms with E-state index in [1.54, 1.807) is 0 Å². The van der Waals surface area contributed by atoms with Gasteiger partial charge in [0.15, 0.2) is 0 Å². The van der Waals surface area contributed by atoms with Crippen molar-refractivity contribution in [3.8, 4) is 5.75 Å². The van der Waals surface area contributed by atoms with Crippen LogP contribution in [0, 0.1) is 0 Å². The van der Waals surface area contributed by atoms with E-state index < -0.39 is 18.0 Å². The molecule has 0 atom stereocenters. The summed E-state index contributed by atoms with van der Waals surface area (Å²) >= 11 is 0. The molecule has 0 saturated carbocycles. The van der Waals surface area contributed by atoms with Crippen LogP contribution in [0.25, 0.3) is 6.08 Å². The number of aliphatic hydroxyl groups excluding tert-OH is 1. The van der Waals surface area contributed by atoms with Crippen molar-refractivity contribution in [1.82, 2.24) is 4.98 Å². The number of carbonyl (C=O) groups excluding carboxylic acids is 1. The van der Waals surface area contributed by atoms with E-state index in [0.717, 1.165) is 12.1 Å². The van der Waals surface area contributed by atoms with Crippen molar-refractivity contribution in [3.05, 3.63) is 59.9 Å². The number of rotatable bonds is 5. The first-order valence-corrected chi connectivity index (χ1v) is 6.76. The number of nitrogens with one attached hydrogen (secondary N) is 1. The summed E-state index contributed by atoms with van der Waals surface area (Å²) in [4.78, 5) is 15.7. The number of carbonyl (C=O) groups is 1. The molecule has 5 nitrogen and oxygen atoms in total. The molecule has 0 fully saturated rings. The zero-order chi connectivity index (χ0) is 17.6. The highest BCUT2D eigenvalue weighted by Crippen LogP contribution is 2.27. The zero-order valence-corrected chi connectivity index (χ0v) is 12.2. The molecule has 126 valence electrons. The monoisotopic (exact) mass is 338 g/mol. The molecule has 8 heteroatoms. The van der Waals surface area contributed by atoms with E-state index in [1.807, 2.05) is 0 Å². The molecule has 24 heavy (non-hydrogen) atoms. The van der Waals surface area contributed by atoms with Crippen LogP contribution in [0.4, 0.5) is 18.9 Å². The van der Waals surface area contributed by atoms with Gasteiger partial charge in [0.25, 0.3) is 0 Å². The Morgan fingerprint density at radius 3 is 2.75 bits per heavy atom. The van der Waals surface area contributed by atoms with Gasteiger partial charge >= 0.3 is 6.36 Å². The predicted octanol–water partition coefficient (Wildman–Crippen LogP) is 3.12. The fraction of sp³-hybridized carbons (Fsp3) is 0.125. The first-order chi connectivity index (χ1) is 11.4. The van der Waals surface area contributed by atoms with E-state index in [1.165, 1.54) is 42.7 Å². The minimum atomic E-state index is -4.82. The first kappa shape index (κ1) is 17.5. The summed E-state index contributed by atoms with van der Waals surface area (Å²) in [7, 11) is 0. The van der Waals surface area contributed by atoms with Gasteiger partial charge in [0, 0.05) is 23.4 Å². The van der Waals surface area contributed by atoms with Gasteiger partial charge in [0.2, 0.25) is 5.91 Å². The number of halogens is 3. The summed E-state index contributed by atoms with van der Waals surface area (Å²) in [5, 5.41) is 11.7. The maximum absolute atomic E-state index is 12.3. The molecule has 0 radical (unpaired) electrons. The minimum Gasteiger partial charge on any atom is -0.405 e. The molecule has 2 rings (SSSR count). The van der Waals surface area contributed by atoms with E-state index in [9.17, 15) is 18.0 Å². The Morgan fingerprint density at radius 2 is 2.04 bits per heavy atom. The normalized spacial score (nSPS) is 11.5. The van der Waals surface area contributed by atoms with Gasteiger partial charge in [0.1, 0.15) is 5.75 Å². The van der Waals surface area contributed by atoms with Crippen molar-refractivity contribution in [2.75, 3.05) is 5.32 Å². The molecule has 1 aromatic carbocycles. The fourth-order valence-corrected chi connectivity index (χ4v) is 1.85. The smallest absolute Gasteiger partial charge is 0.405 e. The van der Waals surface area contributed by atoms with Crippen LogP contribution in [-0.4, -0.2) is 22.4 Å². The van der Waals surface area contributed by atoms with Crippen LogP contribution in [0.1, 0.15) is 11.1 Å². The maximum Gasteiger partial charge on any atom is 0.573 e. The van der Waals surface area contributed by atoms with Crippen LogP contribution in [0.5, 0.6) is 5.75 Å². The van der Waals surface area contributed by atoms with Gasteiger partial charge in [-0.3, -0.25) is 9.78 Å². The molecule has 0 saturated heterocycles. The topological polar surface area (TPSA) is 71.5 Å². The number of alkyl halides is 3. The van der Waals surface area contributed by atoms with E-state index in [0.29, 0.717) is 11.3 Å². The van der Waals surface area contributed by atoms with Gasteiger partial charge in [0.05, 0.1) is 18.5 Å². The van der Waals surface area contributed by atoms with Crippen LogP contribution >= 0.6 is 0 Å². The highest BCUT2D eigenvalue weighted by Gasteiger charge is 2.31. The molecule has 1 heterocycles. The second-order valence-corrected chi connectivity index (χ2v) is 4.60. The van der Waals surface area contributed by atoms with Gasteiger partial charge in [-0.1, -0.05) is 18.2 Å². The third-order valence-electron chi connectivity index (χ3n) is 2.90. The molecule has 0 unspecified atom stereocenters.